The first kappa shape index (κ1) is 21.6. The molecule has 4 nitrogen and oxygen atoms in total. The van der Waals surface area contributed by atoms with Gasteiger partial charge in [-0.25, -0.2) is 8.42 Å². The van der Waals surface area contributed by atoms with Gasteiger partial charge in [-0.3, -0.25) is 4.79 Å². The third-order valence-corrected chi connectivity index (χ3v) is 7.63. The zero-order valence-electron chi connectivity index (χ0n) is 17.4. The van der Waals surface area contributed by atoms with E-state index in [0.717, 1.165) is 44.3 Å². The van der Waals surface area contributed by atoms with E-state index in [0.29, 0.717) is 10.8 Å². The van der Waals surface area contributed by atoms with E-state index in [1.807, 2.05) is 11.8 Å². The Bertz CT molecular complexity index is 910. The van der Waals surface area contributed by atoms with E-state index >= 15 is 0 Å². The monoisotopic (exact) mass is 413 g/mol. The van der Waals surface area contributed by atoms with E-state index in [9.17, 15) is 13.2 Å². The zero-order chi connectivity index (χ0) is 20.9. The zero-order valence-corrected chi connectivity index (χ0v) is 18.2. The summed E-state index contributed by atoms with van der Waals surface area (Å²) in [6, 6.07) is 15.5. The molecule has 0 saturated carbocycles. The first-order valence-electron chi connectivity index (χ1n) is 10.5. The maximum Gasteiger partial charge on any atom is 0.223 e. The number of rotatable bonds is 7. The topological polar surface area (TPSA) is 54.5 Å². The molecule has 0 aliphatic carbocycles. The minimum absolute atomic E-state index is 0.0438. The molecule has 5 heteroatoms. The van der Waals surface area contributed by atoms with Crippen molar-refractivity contribution >= 4 is 15.7 Å². The lowest BCUT2D eigenvalue weighted by molar-refractivity contribution is -0.132. The van der Waals surface area contributed by atoms with Crippen LogP contribution in [0.2, 0.25) is 0 Å². The number of hydrogen-bond donors (Lipinski definition) is 0. The first-order valence-corrected chi connectivity index (χ1v) is 12.1. The lowest BCUT2D eigenvalue weighted by Gasteiger charge is -2.32. The molecule has 3 rings (SSSR count). The van der Waals surface area contributed by atoms with Crippen LogP contribution in [0.1, 0.15) is 42.4 Å². The largest absolute Gasteiger partial charge is 0.343 e. The fraction of sp³-hybridized carbons (Fsp3) is 0.458. The molecule has 0 unspecified atom stereocenters. The van der Waals surface area contributed by atoms with E-state index in [1.54, 1.807) is 24.3 Å². The van der Waals surface area contributed by atoms with Crippen LogP contribution in [0, 0.1) is 19.8 Å². The number of aryl methyl sites for hydroxylation is 3. The first-order chi connectivity index (χ1) is 13.8. The van der Waals surface area contributed by atoms with Gasteiger partial charge in [0.2, 0.25) is 5.91 Å². The van der Waals surface area contributed by atoms with Crippen LogP contribution in [-0.2, 0) is 21.1 Å². The van der Waals surface area contributed by atoms with E-state index in [1.165, 1.54) is 11.1 Å². The van der Waals surface area contributed by atoms with Crippen LogP contribution in [0.4, 0.5) is 0 Å². The Morgan fingerprint density at radius 2 is 1.48 bits per heavy atom. The smallest absolute Gasteiger partial charge is 0.223 e. The summed E-state index contributed by atoms with van der Waals surface area (Å²) < 4.78 is 24.9. The van der Waals surface area contributed by atoms with Crippen molar-refractivity contribution in [1.29, 1.82) is 0 Å². The summed E-state index contributed by atoms with van der Waals surface area (Å²) in [6.07, 6.45) is 4.29. The van der Waals surface area contributed by atoms with Crippen LogP contribution in [0.3, 0.4) is 0 Å². The number of carbonyl (C=O) groups is 1. The van der Waals surface area contributed by atoms with Crippen molar-refractivity contribution in [2.24, 2.45) is 5.92 Å². The second-order valence-electron chi connectivity index (χ2n) is 8.23. The minimum Gasteiger partial charge on any atom is -0.343 e. The molecule has 29 heavy (non-hydrogen) atoms. The van der Waals surface area contributed by atoms with Crippen molar-refractivity contribution < 1.29 is 13.2 Å². The molecule has 0 N–H and O–H groups in total. The van der Waals surface area contributed by atoms with Gasteiger partial charge in [0.05, 0.1) is 10.6 Å². The maximum atomic E-state index is 12.5. The van der Waals surface area contributed by atoms with Crippen LogP contribution in [0.25, 0.3) is 0 Å². The Morgan fingerprint density at radius 1 is 0.931 bits per heavy atom. The fourth-order valence-electron chi connectivity index (χ4n) is 3.84. The average molecular weight is 414 g/mol. The summed E-state index contributed by atoms with van der Waals surface area (Å²) in [7, 11) is -3.41. The van der Waals surface area contributed by atoms with E-state index < -0.39 is 9.84 Å². The lowest BCUT2D eigenvalue weighted by atomic mass is 9.90. The second-order valence-corrected chi connectivity index (χ2v) is 10.3. The van der Waals surface area contributed by atoms with Gasteiger partial charge in [0, 0.05) is 19.5 Å². The highest BCUT2D eigenvalue weighted by Gasteiger charge is 2.24. The number of sulfone groups is 1. The number of benzene rings is 2. The van der Waals surface area contributed by atoms with Gasteiger partial charge in [0.15, 0.2) is 9.84 Å². The van der Waals surface area contributed by atoms with Gasteiger partial charge >= 0.3 is 0 Å². The Labute approximate surface area is 174 Å². The summed E-state index contributed by atoms with van der Waals surface area (Å²) in [4.78, 5) is 14.6. The molecule has 156 valence electrons. The van der Waals surface area contributed by atoms with Gasteiger partial charge in [0.25, 0.3) is 0 Å². The maximum absolute atomic E-state index is 12.5. The third-order valence-electron chi connectivity index (χ3n) is 5.89. The van der Waals surface area contributed by atoms with Crippen molar-refractivity contribution in [3.63, 3.8) is 0 Å². The molecule has 0 spiro atoms. The molecule has 1 aliphatic rings. The van der Waals surface area contributed by atoms with Crippen molar-refractivity contribution in [3.8, 4) is 0 Å². The molecule has 1 saturated heterocycles. The third kappa shape index (κ3) is 6.17. The predicted molar refractivity (Wildman–Crippen MR) is 117 cm³/mol. The molecule has 2 aromatic carbocycles. The summed E-state index contributed by atoms with van der Waals surface area (Å²) in [6.45, 7) is 5.50. The molecule has 1 aliphatic heterocycles. The number of piperidine rings is 1. The van der Waals surface area contributed by atoms with Crippen molar-refractivity contribution in [3.05, 3.63) is 65.2 Å². The molecular weight excluding hydrogens is 382 g/mol. The number of hydrogen-bond acceptors (Lipinski definition) is 3. The highest BCUT2D eigenvalue weighted by molar-refractivity contribution is 7.91. The highest BCUT2D eigenvalue weighted by Crippen LogP contribution is 2.23. The van der Waals surface area contributed by atoms with Crippen molar-refractivity contribution in [2.45, 2.75) is 50.8 Å². The Hall–Kier alpha value is -2.14. The standard InChI is InChI=1S/C24H31NO3S/c1-19-3-7-21(8-4-19)9-10-22-13-16-25(17-14-22)24(26)15-18-29(27,28)23-11-5-20(2)6-12-23/h3-8,11-12,22H,9-10,13-18H2,1-2H3. The van der Waals surface area contributed by atoms with Gasteiger partial charge in [0.1, 0.15) is 0 Å². The van der Waals surface area contributed by atoms with Gasteiger partial charge in [-0.1, -0.05) is 47.5 Å². The normalized spacial score (nSPS) is 15.4. The van der Waals surface area contributed by atoms with E-state index in [-0.39, 0.29) is 18.1 Å². The number of amides is 1. The second kappa shape index (κ2) is 9.57. The van der Waals surface area contributed by atoms with Crippen LogP contribution in [-0.4, -0.2) is 38.1 Å². The quantitative estimate of drug-likeness (QED) is 0.678. The van der Waals surface area contributed by atoms with Crippen LogP contribution < -0.4 is 0 Å². The molecule has 0 bridgehead atoms. The van der Waals surface area contributed by atoms with Gasteiger partial charge in [-0.15, -0.1) is 0 Å². The Balaban J connectivity index is 1.42. The van der Waals surface area contributed by atoms with Crippen LogP contribution >= 0.6 is 0 Å². The lowest BCUT2D eigenvalue weighted by Crippen LogP contribution is -2.39. The minimum atomic E-state index is -3.41. The van der Waals surface area contributed by atoms with Gasteiger partial charge in [-0.2, -0.15) is 0 Å². The van der Waals surface area contributed by atoms with Crippen LogP contribution in [0.15, 0.2) is 53.4 Å². The summed E-state index contributed by atoms with van der Waals surface area (Å²) >= 11 is 0. The average Bonchev–Trinajstić information content (AvgIpc) is 2.72. The Morgan fingerprint density at radius 3 is 2.07 bits per heavy atom. The molecular formula is C24H31NO3S. The van der Waals surface area contributed by atoms with E-state index in [2.05, 4.69) is 31.2 Å². The van der Waals surface area contributed by atoms with Gasteiger partial charge in [-0.05, 0) is 63.1 Å². The molecule has 1 fully saturated rings. The summed E-state index contributed by atoms with van der Waals surface area (Å²) in [5.74, 6) is 0.469. The summed E-state index contributed by atoms with van der Waals surface area (Å²) in [5.41, 5.74) is 3.67. The predicted octanol–water partition coefficient (Wildman–Crippen LogP) is 4.34. The van der Waals surface area contributed by atoms with Crippen molar-refractivity contribution in [2.75, 3.05) is 18.8 Å². The Kier molecular flexibility index (Phi) is 7.12. The molecule has 1 amide bonds. The molecule has 0 atom stereocenters. The molecule has 1 heterocycles. The number of likely N-dealkylation sites (tertiary alicyclic amines) is 1. The van der Waals surface area contributed by atoms with Gasteiger partial charge < -0.3 is 4.90 Å². The molecule has 0 radical (unpaired) electrons. The summed E-state index contributed by atoms with van der Waals surface area (Å²) in [5, 5.41) is 0. The van der Waals surface area contributed by atoms with Crippen molar-refractivity contribution in [1.82, 2.24) is 4.90 Å². The van der Waals surface area contributed by atoms with E-state index in [4.69, 9.17) is 0 Å². The fourth-order valence-corrected chi connectivity index (χ4v) is 5.07. The molecule has 2 aromatic rings. The molecule has 0 aromatic heterocycles. The number of carbonyl (C=O) groups excluding carboxylic acids is 1. The number of nitrogens with zero attached hydrogens (tertiary/aromatic N) is 1. The van der Waals surface area contributed by atoms with Crippen LogP contribution in [0.5, 0.6) is 0 Å². The SMILES string of the molecule is Cc1ccc(CCC2CCN(C(=O)CCS(=O)(=O)c3ccc(C)cc3)CC2)cc1. The highest BCUT2D eigenvalue weighted by atomic mass is 32.2.